The molecule has 2 N–H and O–H groups in total. The Hall–Kier alpha value is -1.34. The molecule has 7 heteroatoms. The Morgan fingerprint density at radius 2 is 1.95 bits per heavy atom. The van der Waals surface area contributed by atoms with E-state index >= 15 is 0 Å². The van der Waals surface area contributed by atoms with Crippen LogP contribution in [-0.2, 0) is 0 Å². The summed E-state index contributed by atoms with van der Waals surface area (Å²) < 4.78 is 37.8. The van der Waals surface area contributed by atoms with Gasteiger partial charge in [-0.1, -0.05) is 18.2 Å². The lowest BCUT2D eigenvalue weighted by Gasteiger charge is -2.17. The highest BCUT2D eigenvalue weighted by atomic mass is 32.2. The van der Waals surface area contributed by atoms with Gasteiger partial charge in [-0.05, 0) is 6.07 Å². The van der Waals surface area contributed by atoms with Crippen LogP contribution in [0.1, 0.15) is 0 Å². The van der Waals surface area contributed by atoms with Gasteiger partial charge in [-0.3, -0.25) is 0 Å². The molecule has 3 nitrogen and oxygen atoms in total. The lowest BCUT2D eigenvalue weighted by atomic mass is 10.2. The van der Waals surface area contributed by atoms with E-state index < -0.39 is 18.6 Å². The first kappa shape index (κ1) is 14.1. The van der Waals surface area contributed by atoms with E-state index in [4.69, 9.17) is 5.73 Å². The van der Waals surface area contributed by atoms with E-state index in [0.717, 1.165) is 22.7 Å². The average molecular weight is 287 g/mol. The summed E-state index contributed by atoms with van der Waals surface area (Å²) in [6, 6.07) is 7.22. The van der Waals surface area contributed by atoms with E-state index in [1.54, 1.807) is 18.2 Å². The molecule has 102 valence electrons. The molecular formula is C12H12F3N3S. The molecule has 2 rings (SSSR count). The number of benzene rings is 1. The molecule has 0 saturated heterocycles. The zero-order chi connectivity index (χ0) is 13.9. The quantitative estimate of drug-likeness (QED) is 0.694. The van der Waals surface area contributed by atoms with Gasteiger partial charge in [0, 0.05) is 17.7 Å². The van der Waals surface area contributed by atoms with Crippen LogP contribution >= 0.6 is 11.8 Å². The van der Waals surface area contributed by atoms with Gasteiger partial charge in [-0.25, -0.2) is 9.97 Å². The molecule has 1 aromatic heterocycles. The van der Waals surface area contributed by atoms with Gasteiger partial charge in [0.15, 0.2) is 0 Å². The number of hydrogen-bond donors (Lipinski definition) is 1. The maximum Gasteiger partial charge on any atom is 0.393 e. The van der Waals surface area contributed by atoms with Crippen molar-refractivity contribution in [3.05, 3.63) is 30.6 Å². The van der Waals surface area contributed by atoms with Gasteiger partial charge < -0.3 is 5.73 Å². The predicted molar refractivity (Wildman–Crippen MR) is 68.9 cm³/mol. The number of halogens is 3. The van der Waals surface area contributed by atoms with Crippen molar-refractivity contribution in [2.24, 2.45) is 11.7 Å². The van der Waals surface area contributed by atoms with E-state index in [2.05, 4.69) is 9.97 Å². The number of alkyl halides is 3. The molecule has 1 heterocycles. The first-order chi connectivity index (χ1) is 9.02. The van der Waals surface area contributed by atoms with Crippen LogP contribution in [0.25, 0.3) is 10.9 Å². The second-order valence-corrected chi connectivity index (χ2v) is 4.99. The molecule has 2 aromatic rings. The van der Waals surface area contributed by atoms with Crippen molar-refractivity contribution < 1.29 is 13.2 Å². The molecule has 1 atom stereocenters. The fourth-order valence-corrected chi connectivity index (χ4v) is 2.70. The summed E-state index contributed by atoms with van der Waals surface area (Å²) in [4.78, 5) is 8.11. The molecule has 0 bridgehead atoms. The highest BCUT2D eigenvalue weighted by Gasteiger charge is 2.38. The lowest BCUT2D eigenvalue weighted by molar-refractivity contribution is -0.165. The summed E-state index contributed by atoms with van der Waals surface area (Å²) in [6.07, 6.45) is -2.92. The Morgan fingerprint density at radius 3 is 2.63 bits per heavy atom. The Labute approximate surface area is 112 Å². The summed E-state index contributed by atoms with van der Waals surface area (Å²) in [6.45, 7) is -0.417. The van der Waals surface area contributed by atoms with E-state index in [1.807, 2.05) is 6.07 Å². The van der Waals surface area contributed by atoms with E-state index in [1.165, 1.54) is 6.33 Å². The molecular weight excluding hydrogens is 275 g/mol. The molecule has 0 fully saturated rings. The van der Waals surface area contributed by atoms with Gasteiger partial charge >= 0.3 is 6.18 Å². The first-order valence-electron chi connectivity index (χ1n) is 5.61. The molecule has 0 radical (unpaired) electrons. The third-order valence-corrected chi connectivity index (χ3v) is 3.84. The molecule has 1 aromatic carbocycles. The zero-order valence-corrected chi connectivity index (χ0v) is 10.7. The second kappa shape index (κ2) is 5.75. The largest absolute Gasteiger partial charge is 0.393 e. The first-order valence-corrected chi connectivity index (χ1v) is 6.60. The van der Waals surface area contributed by atoms with Crippen molar-refractivity contribution in [3.63, 3.8) is 0 Å². The Morgan fingerprint density at radius 1 is 1.21 bits per heavy atom. The van der Waals surface area contributed by atoms with Crippen LogP contribution in [0, 0.1) is 5.92 Å². The maximum absolute atomic E-state index is 12.6. The number of thioether (sulfide) groups is 1. The highest BCUT2D eigenvalue weighted by molar-refractivity contribution is 7.99. The van der Waals surface area contributed by atoms with Gasteiger partial charge in [0.05, 0.1) is 11.4 Å². The molecule has 0 spiro atoms. The minimum absolute atomic E-state index is 0.138. The van der Waals surface area contributed by atoms with Crippen LogP contribution in [0.4, 0.5) is 13.2 Å². The predicted octanol–water partition coefficient (Wildman–Crippen LogP) is 2.86. The number of nitrogens with zero attached hydrogens (tertiary/aromatic N) is 2. The summed E-state index contributed by atoms with van der Waals surface area (Å²) in [5.41, 5.74) is 5.89. The highest BCUT2D eigenvalue weighted by Crippen LogP contribution is 2.32. The number of fused-ring (bicyclic) bond motifs is 1. The summed E-state index contributed by atoms with van der Waals surface area (Å²) in [5.74, 6) is -1.66. The molecule has 0 aliphatic carbocycles. The van der Waals surface area contributed by atoms with Crippen molar-refractivity contribution >= 4 is 22.7 Å². The molecule has 0 aliphatic heterocycles. The second-order valence-electron chi connectivity index (χ2n) is 3.98. The summed E-state index contributed by atoms with van der Waals surface area (Å²) in [7, 11) is 0. The molecule has 0 saturated carbocycles. The van der Waals surface area contributed by atoms with Crippen molar-refractivity contribution in [1.29, 1.82) is 0 Å². The Kier molecular flexibility index (Phi) is 4.26. The van der Waals surface area contributed by atoms with Crippen molar-refractivity contribution in [1.82, 2.24) is 9.97 Å². The molecule has 19 heavy (non-hydrogen) atoms. The van der Waals surface area contributed by atoms with Gasteiger partial charge in [-0.15, -0.1) is 11.8 Å². The minimum Gasteiger partial charge on any atom is -0.330 e. The van der Waals surface area contributed by atoms with Gasteiger partial charge in [0.1, 0.15) is 11.4 Å². The number of hydrogen-bond acceptors (Lipinski definition) is 4. The van der Waals surface area contributed by atoms with Crippen LogP contribution in [0.15, 0.2) is 35.6 Å². The zero-order valence-electron chi connectivity index (χ0n) is 9.89. The van der Waals surface area contributed by atoms with Crippen LogP contribution in [-0.4, -0.2) is 28.4 Å². The maximum atomic E-state index is 12.6. The monoisotopic (exact) mass is 287 g/mol. The number of para-hydroxylation sites is 1. The van der Waals surface area contributed by atoms with Crippen molar-refractivity contribution in [2.75, 3.05) is 12.3 Å². The SMILES string of the molecule is NCC(CSc1ncnc2ccccc12)C(F)(F)F. The lowest BCUT2D eigenvalue weighted by Crippen LogP contribution is -2.32. The van der Waals surface area contributed by atoms with Crippen molar-refractivity contribution in [2.45, 2.75) is 11.2 Å². The smallest absolute Gasteiger partial charge is 0.330 e. The molecule has 1 unspecified atom stereocenters. The van der Waals surface area contributed by atoms with Crippen LogP contribution < -0.4 is 5.73 Å². The summed E-state index contributed by atoms with van der Waals surface area (Å²) >= 11 is 1.06. The molecule has 0 aliphatic rings. The van der Waals surface area contributed by atoms with Crippen LogP contribution in [0.3, 0.4) is 0 Å². The molecule has 0 amide bonds. The minimum atomic E-state index is -4.27. The standard InChI is InChI=1S/C12H12F3N3S/c13-12(14,15)8(5-16)6-19-11-9-3-1-2-4-10(9)17-7-18-11/h1-4,7-8H,5-6,16H2. The van der Waals surface area contributed by atoms with E-state index in [9.17, 15) is 13.2 Å². The fourth-order valence-electron chi connectivity index (χ4n) is 1.57. The third-order valence-electron chi connectivity index (χ3n) is 2.67. The summed E-state index contributed by atoms with van der Waals surface area (Å²) in [5, 5.41) is 1.31. The van der Waals surface area contributed by atoms with Crippen LogP contribution in [0.2, 0.25) is 0 Å². The number of rotatable bonds is 4. The van der Waals surface area contributed by atoms with Gasteiger partial charge in [-0.2, -0.15) is 13.2 Å². The van der Waals surface area contributed by atoms with Crippen molar-refractivity contribution in [3.8, 4) is 0 Å². The number of aromatic nitrogens is 2. The van der Waals surface area contributed by atoms with Crippen LogP contribution in [0.5, 0.6) is 0 Å². The Balaban J connectivity index is 2.18. The van der Waals surface area contributed by atoms with Gasteiger partial charge in [0.25, 0.3) is 0 Å². The topological polar surface area (TPSA) is 51.8 Å². The fraction of sp³-hybridized carbons (Fsp3) is 0.333. The van der Waals surface area contributed by atoms with Gasteiger partial charge in [0.2, 0.25) is 0 Å². The third kappa shape index (κ3) is 3.36. The number of nitrogens with two attached hydrogens (primary N) is 1. The van der Waals surface area contributed by atoms with E-state index in [0.29, 0.717) is 5.03 Å². The van der Waals surface area contributed by atoms with E-state index in [-0.39, 0.29) is 5.75 Å². The Bertz CT molecular complexity index is 554. The average Bonchev–Trinajstić information content (AvgIpc) is 2.38. The normalized spacial score (nSPS) is 13.7.